The summed E-state index contributed by atoms with van der Waals surface area (Å²) in [5.74, 6) is -0.220. The normalized spacial score (nSPS) is 17.5. The summed E-state index contributed by atoms with van der Waals surface area (Å²) in [6, 6.07) is 8.35. The number of pyridine rings is 1. The van der Waals surface area contributed by atoms with Crippen LogP contribution >= 0.6 is 0 Å². The predicted molar refractivity (Wildman–Crippen MR) is 100 cm³/mol. The van der Waals surface area contributed by atoms with E-state index in [4.69, 9.17) is 0 Å². The number of aromatic amines is 1. The minimum atomic E-state index is -0.469. The summed E-state index contributed by atoms with van der Waals surface area (Å²) in [6.45, 7) is 6.60. The number of nitrogens with one attached hydrogen (secondary N) is 1. The van der Waals surface area contributed by atoms with Crippen LogP contribution in [0.4, 0.5) is 0 Å². The Hall–Kier alpha value is -2.89. The van der Waals surface area contributed by atoms with Crippen molar-refractivity contribution < 1.29 is 9.59 Å². The molecule has 2 heterocycles. The fraction of sp³-hybridized carbons (Fsp3) is 0.350. The number of hydrogen-bond acceptors (Lipinski definition) is 3. The molecule has 6 nitrogen and oxygen atoms in total. The molecule has 6 heteroatoms. The van der Waals surface area contributed by atoms with Gasteiger partial charge in [0.1, 0.15) is 6.04 Å². The lowest BCUT2D eigenvalue weighted by atomic mass is 10.0. The van der Waals surface area contributed by atoms with Gasteiger partial charge in [0.05, 0.1) is 0 Å². The largest absolute Gasteiger partial charge is 0.342 e. The Balaban J connectivity index is 1.86. The van der Waals surface area contributed by atoms with Crippen LogP contribution in [0, 0.1) is 13.8 Å². The van der Waals surface area contributed by atoms with Gasteiger partial charge in [0.15, 0.2) is 0 Å². The highest BCUT2D eigenvalue weighted by molar-refractivity contribution is 5.98. The Morgan fingerprint density at radius 1 is 1.12 bits per heavy atom. The molecule has 0 radical (unpaired) electrons. The zero-order chi connectivity index (χ0) is 19.0. The number of aromatic nitrogens is 1. The Bertz CT molecular complexity index is 915. The van der Waals surface area contributed by atoms with E-state index < -0.39 is 6.04 Å². The van der Waals surface area contributed by atoms with Gasteiger partial charge in [0.25, 0.3) is 11.5 Å². The van der Waals surface area contributed by atoms with Gasteiger partial charge in [0.2, 0.25) is 5.91 Å². The van der Waals surface area contributed by atoms with Crippen LogP contribution in [0.2, 0.25) is 0 Å². The summed E-state index contributed by atoms with van der Waals surface area (Å²) in [7, 11) is 1.75. The smallest absolute Gasteiger partial charge is 0.256 e. The van der Waals surface area contributed by atoms with Crippen LogP contribution in [0.3, 0.4) is 0 Å². The predicted octanol–water partition coefficient (Wildman–Crippen LogP) is 1.96. The van der Waals surface area contributed by atoms with Gasteiger partial charge in [-0.25, -0.2) is 0 Å². The quantitative estimate of drug-likeness (QED) is 0.897. The van der Waals surface area contributed by atoms with E-state index in [0.29, 0.717) is 24.2 Å². The van der Waals surface area contributed by atoms with Crippen LogP contribution in [0.5, 0.6) is 0 Å². The summed E-state index contributed by atoms with van der Waals surface area (Å²) in [5.41, 5.74) is 3.55. The van der Waals surface area contributed by atoms with Crippen LogP contribution < -0.4 is 5.56 Å². The first-order valence-corrected chi connectivity index (χ1v) is 8.66. The SMILES string of the molecule is Cc1cc(-c2ccc(C(=O)N3CCN(C)C(=O)[C@@H]3C)cc2)c(=O)[nH]c1C. The third-order valence-electron chi connectivity index (χ3n) is 5.08. The molecule has 1 aromatic heterocycles. The van der Waals surface area contributed by atoms with Gasteiger partial charge in [-0.2, -0.15) is 0 Å². The van der Waals surface area contributed by atoms with Gasteiger partial charge in [0, 0.05) is 37.0 Å². The molecule has 26 heavy (non-hydrogen) atoms. The Morgan fingerprint density at radius 2 is 1.77 bits per heavy atom. The van der Waals surface area contributed by atoms with Gasteiger partial charge < -0.3 is 14.8 Å². The minimum absolute atomic E-state index is 0.0529. The van der Waals surface area contributed by atoms with Crippen molar-refractivity contribution >= 4 is 11.8 Å². The lowest BCUT2D eigenvalue weighted by Crippen LogP contribution is -2.56. The molecule has 3 rings (SSSR count). The summed E-state index contributed by atoms with van der Waals surface area (Å²) in [6.07, 6.45) is 0. The molecule has 1 aliphatic heterocycles. The summed E-state index contributed by atoms with van der Waals surface area (Å²) in [5, 5.41) is 0. The van der Waals surface area contributed by atoms with Crippen molar-refractivity contribution in [3.05, 3.63) is 57.5 Å². The van der Waals surface area contributed by atoms with Crippen molar-refractivity contribution in [2.75, 3.05) is 20.1 Å². The number of amides is 2. The second-order valence-electron chi connectivity index (χ2n) is 6.83. The van der Waals surface area contributed by atoms with Crippen molar-refractivity contribution in [2.45, 2.75) is 26.8 Å². The van der Waals surface area contributed by atoms with E-state index in [-0.39, 0.29) is 17.4 Å². The number of carbonyl (C=O) groups is 2. The molecule has 2 amide bonds. The molecule has 2 aromatic rings. The van der Waals surface area contributed by atoms with Crippen LogP contribution in [-0.2, 0) is 4.79 Å². The number of hydrogen-bond donors (Lipinski definition) is 1. The topological polar surface area (TPSA) is 73.5 Å². The molecule has 0 aliphatic carbocycles. The number of rotatable bonds is 2. The lowest BCUT2D eigenvalue weighted by molar-refractivity contribution is -0.137. The van der Waals surface area contributed by atoms with E-state index in [2.05, 4.69) is 4.98 Å². The molecule has 0 unspecified atom stereocenters. The number of carbonyl (C=O) groups excluding carboxylic acids is 2. The average molecular weight is 353 g/mol. The molecule has 136 valence electrons. The van der Waals surface area contributed by atoms with Crippen molar-refractivity contribution in [1.82, 2.24) is 14.8 Å². The minimum Gasteiger partial charge on any atom is -0.342 e. The van der Waals surface area contributed by atoms with E-state index in [0.717, 1.165) is 16.8 Å². The first kappa shape index (κ1) is 17.9. The van der Waals surface area contributed by atoms with Gasteiger partial charge in [-0.05, 0) is 50.1 Å². The molecule has 1 aliphatic rings. The van der Waals surface area contributed by atoms with E-state index in [1.807, 2.05) is 19.9 Å². The first-order valence-electron chi connectivity index (χ1n) is 8.66. The lowest BCUT2D eigenvalue weighted by Gasteiger charge is -2.37. The number of likely N-dealkylation sites (N-methyl/N-ethyl adjacent to an activating group) is 1. The van der Waals surface area contributed by atoms with Crippen molar-refractivity contribution in [3.8, 4) is 11.1 Å². The second-order valence-corrected chi connectivity index (χ2v) is 6.83. The maximum Gasteiger partial charge on any atom is 0.256 e. The van der Waals surface area contributed by atoms with Crippen LogP contribution in [0.15, 0.2) is 35.1 Å². The van der Waals surface area contributed by atoms with Gasteiger partial charge >= 0.3 is 0 Å². The number of nitrogens with zero attached hydrogens (tertiary/aromatic N) is 2. The van der Waals surface area contributed by atoms with Crippen LogP contribution in [-0.4, -0.2) is 52.8 Å². The summed E-state index contributed by atoms with van der Waals surface area (Å²) in [4.78, 5) is 43.1. The highest BCUT2D eigenvalue weighted by Crippen LogP contribution is 2.20. The average Bonchev–Trinajstić information content (AvgIpc) is 2.62. The molecule has 0 spiro atoms. The van der Waals surface area contributed by atoms with Crippen LogP contribution in [0.25, 0.3) is 11.1 Å². The van der Waals surface area contributed by atoms with Crippen molar-refractivity contribution in [3.63, 3.8) is 0 Å². The molecule has 1 aromatic carbocycles. The third-order valence-corrected chi connectivity index (χ3v) is 5.08. The molecular weight excluding hydrogens is 330 g/mol. The molecule has 0 saturated carbocycles. The molecule has 1 N–H and O–H groups in total. The molecule has 1 saturated heterocycles. The number of aryl methyl sites for hydroxylation is 2. The van der Waals surface area contributed by atoms with Crippen molar-refractivity contribution in [1.29, 1.82) is 0 Å². The fourth-order valence-electron chi connectivity index (χ4n) is 3.19. The Labute approximate surface area is 152 Å². The van der Waals surface area contributed by atoms with E-state index in [1.165, 1.54) is 0 Å². The fourth-order valence-corrected chi connectivity index (χ4v) is 3.19. The van der Waals surface area contributed by atoms with Crippen LogP contribution in [0.1, 0.15) is 28.5 Å². The van der Waals surface area contributed by atoms with E-state index in [1.54, 1.807) is 48.0 Å². The number of piperazine rings is 1. The third kappa shape index (κ3) is 3.14. The van der Waals surface area contributed by atoms with E-state index in [9.17, 15) is 14.4 Å². The van der Waals surface area contributed by atoms with Gasteiger partial charge in [-0.15, -0.1) is 0 Å². The Morgan fingerprint density at radius 3 is 2.42 bits per heavy atom. The number of H-pyrrole nitrogens is 1. The van der Waals surface area contributed by atoms with E-state index >= 15 is 0 Å². The monoisotopic (exact) mass is 353 g/mol. The maximum atomic E-state index is 12.8. The summed E-state index contributed by atoms with van der Waals surface area (Å²) >= 11 is 0. The standard InChI is InChI=1S/C20H23N3O3/c1-12-11-17(18(24)21-13(12)2)15-5-7-16(8-6-15)20(26)23-10-9-22(4)19(25)14(23)3/h5-8,11,14H,9-10H2,1-4H3,(H,21,24)/t14-/m0/s1. The highest BCUT2D eigenvalue weighted by atomic mass is 16.2. The van der Waals surface area contributed by atoms with Gasteiger partial charge in [-0.3, -0.25) is 14.4 Å². The summed E-state index contributed by atoms with van der Waals surface area (Å²) < 4.78 is 0. The van der Waals surface area contributed by atoms with Crippen molar-refractivity contribution in [2.24, 2.45) is 0 Å². The number of benzene rings is 1. The molecule has 0 bridgehead atoms. The Kier molecular flexibility index (Phi) is 4.68. The highest BCUT2D eigenvalue weighted by Gasteiger charge is 2.32. The maximum absolute atomic E-state index is 12.8. The van der Waals surface area contributed by atoms with Gasteiger partial charge in [-0.1, -0.05) is 12.1 Å². The molecule has 1 atom stereocenters. The molecule has 1 fully saturated rings. The molecular formula is C20H23N3O3. The first-order chi connectivity index (χ1) is 12.3. The zero-order valence-electron chi connectivity index (χ0n) is 15.5. The second kappa shape index (κ2) is 6.78. The zero-order valence-corrected chi connectivity index (χ0v) is 15.5.